The van der Waals surface area contributed by atoms with Gasteiger partial charge in [0, 0.05) is 13.1 Å². The molecule has 0 aromatic heterocycles. The van der Waals surface area contributed by atoms with E-state index in [1.54, 1.807) is 7.05 Å². The molecule has 0 saturated carbocycles. The first-order valence-corrected chi connectivity index (χ1v) is 4.34. The summed E-state index contributed by atoms with van der Waals surface area (Å²) in [5.41, 5.74) is 5.87. The van der Waals surface area contributed by atoms with Crippen molar-refractivity contribution in [2.24, 2.45) is 16.1 Å². The highest BCUT2D eigenvalue weighted by atomic mass is 15.1. The van der Waals surface area contributed by atoms with Crippen LogP contribution in [0.3, 0.4) is 0 Å². The normalized spacial score (nSPS) is 15.9. The zero-order chi connectivity index (χ0) is 9.78. The summed E-state index contributed by atoms with van der Waals surface area (Å²) in [6.45, 7) is 8.75. The first-order chi connectivity index (χ1) is 5.35. The number of nitrogens with two attached hydrogens (primary N) is 1. The summed E-state index contributed by atoms with van der Waals surface area (Å²) in [7, 11) is 1.69. The van der Waals surface area contributed by atoms with Gasteiger partial charge in [0.2, 0.25) is 0 Å². The molecule has 0 saturated heterocycles. The van der Waals surface area contributed by atoms with Gasteiger partial charge in [0.05, 0.1) is 0 Å². The third-order valence-electron chi connectivity index (χ3n) is 1.55. The molecule has 0 spiro atoms. The number of aliphatic imine (C=N–C) groups is 1. The van der Waals surface area contributed by atoms with Crippen LogP contribution in [0.4, 0.5) is 0 Å². The van der Waals surface area contributed by atoms with E-state index >= 15 is 0 Å². The molecule has 1 unspecified atom stereocenters. The number of nitrogens with zero attached hydrogens (tertiary/aromatic N) is 1. The maximum Gasteiger partial charge on any atom is 0.188 e. The van der Waals surface area contributed by atoms with Gasteiger partial charge in [-0.15, -0.1) is 0 Å². The molecule has 12 heavy (non-hydrogen) atoms. The third-order valence-corrected chi connectivity index (χ3v) is 1.55. The van der Waals surface area contributed by atoms with Crippen molar-refractivity contribution in [1.29, 1.82) is 0 Å². The maximum atomic E-state index is 5.53. The Morgan fingerprint density at radius 2 is 2.00 bits per heavy atom. The second-order valence-corrected chi connectivity index (χ2v) is 4.42. The van der Waals surface area contributed by atoms with E-state index in [0.29, 0.717) is 17.4 Å². The molecule has 0 fully saturated rings. The van der Waals surface area contributed by atoms with Gasteiger partial charge in [-0.05, 0) is 18.8 Å². The number of hydrogen-bond donors (Lipinski definition) is 2. The predicted octanol–water partition coefficient (Wildman–Crippen LogP) is 1.35. The van der Waals surface area contributed by atoms with Crippen LogP contribution >= 0.6 is 0 Å². The lowest BCUT2D eigenvalue weighted by molar-refractivity contribution is 0.337. The number of nitrogens with one attached hydrogen (secondary N) is 1. The van der Waals surface area contributed by atoms with E-state index in [2.05, 4.69) is 38.0 Å². The van der Waals surface area contributed by atoms with Gasteiger partial charge in [-0.25, -0.2) is 0 Å². The van der Waals surface area contributed by atoms with Gasteiger partial charge in [0.1, 0.15) is 0 Å². The van der Waals surface area contributed by atoms with Gasteiger partial charge in [0.25, 0.3) is 0 Å². The van der Waals surface area contributed by atoms with Crippen molar-refractivity contribution in [2.75, 3.05) is 7.05 Å². The van der Waals surface area contributed by atoms with Crippen molar-refractivity contribution < 1.29 is 0 Å². The van der Waals surface area contributed by atoms with Crippen LogP contribution in [0.2, 0.25) is 0 Å². The number of rotatable bonds is 2. The quantitative estimate of drug-likeness (QED) is 0.486. The van der Waals surface area contributed by atoms with Crippen LogP contribution in [0, 0.1) is 5.41 Å². The molecule has 0 radical (unpaired) electrons. The molecule has 0 amide bonds. The van der Waals surface area contributed by atoms with Crippen molar-refractivity contribution in [3.63, 3.8) is 0 Å². The lowest BCUT2D eigenvalue weighted by Gasteiger charge is -2.24. The van der Waals surface area contributed by atoms with E-state index in [0.717, 1.165) is 6.42 Å². The summed E-state index contributed by atoms with van der Waals surface area (Å²) in [4.78, 5) is 3.84. The largest absolute Gasteiger partial charge is 0.370 e. The van der Waals surface area contributed by atoms with Crippen LogP contribution in [0.1, 0.15) is 34.1 Å². The lowest BCUT2D eigenvalue weighted by Crippen LogP contribution is -2.40. The highest BCUT2D eigenvalue weighted by molar-refractivity contribution is 5.77. The molecule has 0 bridgehead atoms. The first-order valence-electron chi connectivity index (χ1n) is 4.34. The van der Waals surface area contributed by atoms with E-state index in [-0.39, 0.29) is 0 Å². The fourth-order valence-electron chi connectivity index (χ4n) is 1.29. The maximum absolute atomic E-state index is 5.53. The van der Waals surface area contributed by atoms with Crippen LogP contribution in [-0.4, -0.2) is 19.0 Å². The van der Waals surface area contributed by atoms with Gasteiger partial charge in [-0.1, -0.05) is 20.8 Å². The van der Waals surface area contributed by atoms with Crippen LogP contribution in [0.15, 0.2) is 4.99 Å². The smallest absolute Gasteiger partial charge is 0.188 e. The van der Waals surface area contributed by atoms with Crippen LogP contribution in [0.25, 0.3) is 0 Å². The van der Waals surface area contributed by atoms with Crippen LogP contribution in [0.5, 0.6) is 0 Å². The molecular formula is C9H21N3. The monoisotopic (exact) mass is 171 g/mol. The predicted molar refractivity (Wildman–Crippen MR) is 54.2 cm³/mol. The summed E-state index contributed by atoms with van der Waals surface area (Å²) in [6, 6.07) is 0.383. The lowest BCUT2D eigenvalue weighted by atomic mass is 9.89. The van der Waals surface area contributed by atoms with Gasteiger partial charge in [-0.2, -0.15) is 0 Å². The van der Waals surface area contributed by atoms with E-state index < -0.39 is 0 Å². The fourth-order valence-corrected chi connectivity index (χ4v) is 1.29. The Bertz CT molecular complexity index is 156. The summed E-state index contributed by atoms with van der Waals surface area (Å²) >= 11 is 0. The number of guanidine groups is 1. The van der Waals surface area contributed by atoms with E-state index in [9.17, 15) is 0 Å². The Morgan fingerprint density at radius 1 is 1.50 bits per heavy atom. The van der Waals surface area contributed by atoms with Gasteiger partial charge in [0.15, 0.2) is 5.96 Å². The highest BCUT2D eigenvalue weighted by Gasteiger charge is 2.14. The first kappa shape index (κ1) is 11.3. The van der Waals surface area contributed by atoms with Crippen molar-refractivity contribution in [3.8, 4) is 0 Å². The second kappa shape index (κ2) is 4.33. The van der Waals surface area contributed by atoms with Crippen LogP contribution in [-0.2, 0) is 0 Å². The molecule has 0 aromatic rings. The molecule has 3 heteroatoms. The van der Waals surface area contributed by atoms with Gasteiger partial charge < -0.3 is 11.1 Å². The average molecular weight is 171 g/mol. The topological polar surface area (TPSA) is 50.4 Å². The Hall–Kier alpha value is -0.730. The highest BCUT2D eigenvalue weighted by Crippen LogP contribution is 2.20. The molecule has 0 aromatic carbocycles. The average Bonchev–Trinajstić information content (AvgIpc) is 1.82. The standard InChI is InChI=1S/C9H21N3/c1-7(6-9(2,3)4)12-8(10)11-5/h7H,6H2,1-5H3,(H3,10,11,12). The molecule has 0 rings (SSSR count). The third kappa shape index (κ3) is 6.01. The Kier molecular flexibility index (Phi) is 4.07. The summed E-state index contributed by atoms with van der Waals surface area (Å²) in [6.07, 6.45) is 1.09. The molecule has 3 N–H and O–H groups in total. The number of hydrogen-bond acceptors (Lipinski definition) is 1. The van der Waals surface area contributed by atoms with Gasteiger partial charge >= 0.3 is 0 Å². The minimum absolute atomic E-state index is 0.334. The zero-order valence-electron chi connectivity index (χ0n) is 8.81. The van der Waals surface area contributed by atoms with Crippen molar-refractivity contribution in [3.05, 3.63) is 0 Å². The van der Waals surface area contributed by atoms with Crippen molar-refractivity contribution in [2.45, 2.75) is 40.2 Å². The molecule has 0 aliphatic carbocycles. The Balaban J connectivity index is 3.82. The molecular weight excluding hydrogens is 150 g/mol. The molecule has 0 aliphatic heterocycles. The van der Waals surface area contributed by atoms with Crippen LogP contribution < -0.4 is 11.1 Å². The molecule has 0 aliphatic rings. The second-order valence-electron chi connectivity index (χ2n) is 4.42. The molecule has 0 heterocycles. The molecule has 3 nitrogen and oxygen atoms in total. The summed E-state index contributed by atoms with van der Waals surface area (Å²) in [5, 5.41) is 3.11. The minimum atomic E-state index is 0.334. The Labute approximate surface area is 75.4 Å². The van der Waals surface area contributed by atoms with Gasteiger partial charge in [-0.3, -0.25) is 4.99 Å². The fraction of sp³-hybridized carbons (Fsp3) is 0.889. The van der Waals surface area contributed by atoms with Crippen molar-refractivity contribution >= 4 is 5.96 Å². The Morgan fingerprint density at radius 3 is 2.33 bits per heavy atom. The minimum Gasteiger partial charge on any atom is -0.370 e. The molecule has 1 atom stereocenters. The summed E-state index contributed by atoms with van der Waals surface area (Å²) in [5.74, 6) is 0.520. The van der Waals surface area contributed by atoms with E-state index in [1.165, 1.54) is 0 Å². The summed E-state index contributed by atoms with van der Waals surface area (Å²) < 4.78 is 0. The van der Waals surface area contributed by atoms with Crippen molar-refractivity contribution in [1.82, 2.24) is 5.32 Å². The van der Waals surface area contributed by atoms with E-state index in [1.807, 2.05) is 0 Å². The molecule has 72 valence electrons. The van der Waals surface area contributed by atoms with E-state index in [4.69, 9.17) is 5.73 Å². The SMILES string of the molecule is CN=C(N)NC(C)CC(C)(C)C. The zero-order valence-corrected chi connectivity index (χ0v) is 8.81.